The van der Waals surface area contributed by atoms with E-state index in [0.717, 1.165) is 0 Å². The summed E-state index contributed by atoms with van der Waals surface area (Å²) in [6.45, 7) is 4.12. The lowest BCUT2D eigenvalue weighted by molar-refractivity contribution is -0.141. The highest BCUT2D eigenvalue weighted by Gasteiger charge is 2.20. The molecule has 0 fully saturated rings. The van der Waals surface area contributed by atoms with Crippen molar-refractivity contribution in [2.24, 2.45) is 5.92 Å². The number of amides is 2. The number of carbonyl (C=O) groups is 2. The van der Waals surface area contributed by atoms with Crippen molar-refractivity contribution in [3.8, 4) is 11.5 Å². The molecule has 0 radical (unpaired) electrons. The second-order valence-corrected chi connectivity index (χ2v) is 4.78. The molecule has 0 spiro atoms. The monoisotopic (exact) mass is 294 g/mol. The van der Waals surface area contributed by atoms with Gasteiger partial charge in [0.1, 0.15) is 0 Å². The first kappa shape index (κ1) is 15.0. The van der Waals surface area contributed by atoms with Crippen LogP contribution in [0.1, 0.15) is 13.8 Å². The van der Waals surface area contributed by atoms with Gasteiger partial charge in [0.05, 0.1) is 5.92 Å². The number of benzene rings is 1. The summed E-state index contributed by atoms with van der Waals surface area (Å²) in [5.41, 5.74) is 0.575. The maximum Gasteiger partial charge on any atom is 0.321 e. The maximum atomic E-state index is 12.2. The topological polar surface area (TPSA) is 88.1 Å². The molecule has 7 heteroatoms. The number of aliphatic carboxylic acids is 1. The van der Waals surface area contributed by atoms with Gasteiger partial charge in [-0.05, 0) is 19.1 Å². The largest absolute Gasteiger partial charge is 0.481 e. The molecule has 1 aliphatic rings. The highest BCUT2D eigenvalue weighted by molar-refractivity contribution is 5.90. The zero-order chi connectivity index (χ0) is 15.4. The summed E-state index contributed by atoms with van der Waals surface area (Å²) in [7, 11) is 0. The van der Waals surface area contributed by atoms with E-state index in [1.54, 1.807) is 32.0 Å². The third-order valence-electron chi connectivity index (χ3n) is 3.21. The molecular formula is C14H18N2O5. The zero-order valence-electron chi connectivity index (χ0n) is 12.0. The van der Waals surface area contributed by atoms with Crippen molar-refractivity contribution in [3.05, 3.63) is 18.2 Å². The molecule has 1 unspecified atom stereocenters. The molecule has 0 saturated heterocycles. The van der Waals surface area contributed by atoms with Crippen LogP contribution >= 0.6 is 0 Å². The van der Waals surface area contributed by atoms with Crippen molar-refractivity contribution in [2.75, 3.05) is 25.2 Å². The molecule has 2 N–H and O–H groups in total. The van der Waals surface area contributed by atoms with E-state index < -0.39 is 11.9 Å². The predicted molar refractivity (Wildman–Crippen MR) is 75.6 cm³/mol. The van der Waals surface area contributed by atoms with Crippen molar-refractivity contribution in [1.29, 1.82) is 0 Å². The van der Waals surface area contributed by atoms with Gasteiger partial charge in [-0.2, -0.15) is 0 Å². The van der Waals surface area contributed by atoms with Gasteiger partial charge in [0.2, 0.25) is 6.79 Å². The number of carbonyl (C=O) groups excluding carboxylic acids is 1. The summed E-state index contributed by atoms with van der Waals surface area (Å²) in [6, 6.07) is 4.76. The van der Waals surface area contributed by atoms with Crippen LogP contribution in [0.2, 0.25) is 0 Å². The minimum absolute atomic E-state index is 0.155. The van der Waals surface area contributed by atoms with E-state index >= 15 is 0 Å². The van der Waals surface area contributed by atoms with Crippen LogP contribution in [0, 0.1) is 5.92 Å². The van der Waals surface area contributed by atoms with Crippen molar-refractivity contribution in [2.45, 2.75) is 13.8 Å². The number of rotatable bonds is 5. The van der Waals surface area contributed by atoms with E-state index in [2.05, 4.69) is 5.32 Å². The van der Waals surface area contributed by atoms with Gasteiger partial charge in [-0.1, -0.05) is 6.92 Å². The van der Waals surface area contributed by atoms with E-state index in [1.165, 1.54) is 4.90 Å². The van der Waals surface area contributed by atoms with Gasteiger partial charge in [-0.15, -0.1) is 0 Å². The van der Waals surface area contributed by atoms with Crippen LogP contribution in [0.4, 0.5) is 10.5 Å². The number of urea groups is 1. The smallest absolute Gasteiger partial charge is 0.321 e. The Kier molecular flexibility index (Phi) is 4.52. The number of nitrogens with zero attached hydrogens (tertiary/aromatic N) is 1. The molecule has 0 aliphatic carbocycles. The molecule has 1 aromatic rings. The van der Waals surface area contributed by atoms with E-state index in [9.17, 15) is 9.59 Å². The van der Waals surface area contributed by atoms with Gasteiger partial charge in [-0.3, -0.25) is 4.79 Å². The number of nitrogens with one attached hydrogen (secondary N) is 1. The first-order valence-corrected chi connectivity index (χ1v) is 6.69. The number of carboxylic acids is 1. The fraction of sp³-hybridized carbons (Fsp3) is 0.429. The van der Waals surface area contributed by atoms with E-state index in [0.29, 0.717) is 23.7 Å². The van der Waals surface area contributed by atoms with Crippen LogP contribution in [0.25, 0.3) is 0 Å². The summed E-state index contributed by atoms with van der Waals surface area (Å²) in [6.07, 6.45) is 0. The standard InChI is InChI=1S/C14H18N2O5/c1-3-16(7-9(2)13(17)18)14(19)15-10-4-5-11-12(6-10)21-8-20-11/h4-6,9H,3,7-8H2,1-2H3,(H,15,19)(H,17,18). The van der Waals surface area contributed by atoms with Crippen molar-refractivity contribution in [1.82, 2.24) is 4.90 Å². The normalized spacial score (nSPS) is 13.6. The number of ether oxygens (including phenoxy) is 2. The molecule has 1 aromatic carbocycles. The molecule has 21 heavy (non-hydrogen) atoms. The lowest BCUT2D eigenvalue weighted by atomic mass is 10.2. The maximum absolute atomic E-state index is 12.2. The summed E-state index contributed by atoms with van der Waals surface area (Å²) in [4.78, 5) is 24.5. The third-order valence-corrected chi connectivity index (χ3v) is 3.21. The second kappa shape index (κ2) is 6.34. The third kappa shape index (κ3) is 3.56. The van der Waals surface area contributed by atoms with Crippen LogP contribution in [0.3, 0.4) is 0 Å². The quantitative estimate of drug-likeness (QED) is 0.867. The summed E-state index contributed by atoms with van der Waals surface area (Å²) >= 11 is 0. The molecule has 2 amide bonds. The van der Waals surface area contributed by atoms with Crippen LogP contribution in [-0.2, 0) is 4.79 Å². The number of hydrogen-bond acceptors (Lipinski definition) is 4. The molecule has 1 heterocycles. The number of anilines is 1. The molecule has 0 saturated carbocycles. The Morgan fingerprint density at radius 2 is 2.10 bits per heavy atom. The molecule has 114 valence electrons. The van der Waals surface area contributed by atoms with E-state index in [4.69, 9.17) is 14.6 Å². The average Bonchev–Trinajstić information content (AvgIpc) is 2.91. The molecule has 1 aliphatic heterocycles. The molecular weight excluding hydrogens is 276 g/mol. The predicted octanol–water partition coefficient (Wildman–Crippen LogP) is 1.99. The van der Waals surface area contributed by atoms with Gasteiger partial charge >= 0.3 is 12.0 Å². The molecule has 1 atom stereocenters. The summed E-state index contributed by atoms with van der Waals surface area (Å²) < 4.78 is 10.4. The highest BCUT2D eigenvalue weighted by atomic mass is 16.7. The van der Waals surface area contributed by atoms with Crippen LogP contribution in [0.5, 0.6) is 11.5 Å². The lowest BCUT2D eigenvalue weighted by Gasteiger charge is -2.23. The molecule has 2 rings (SSSR count). The molecule has 7 nitrogen and oxygen atoms in total. The van der Waals surface area contributed by atoms with E-state index in [1.807, 2.05) is 0 Å². The minimum Gasteiger partial charge on any atom is -0.481 e. The van der Waals surface area contributed by atoms with E-state index in [-0.39, 0.29) is 19.4 Å². The first-order valence-electron chi connectivity index (χ1n) is 6.69. The Morgan fingerprint density at radius 3 is 2.76 bits per heavy atom. The van der Waals surface area contributed by atoms with Gasteiger partial charge in [-0.25, -0.2) is 4.79 Å². The Morgan fingerprint density at radius 1 is 1.38 bits per heavy atom. The first-order chi connectivity index (χ1) is 10.0. The average molecular weight is 294 g/mol. The van der Waals surface area contributed by atoms with Crippen molar-refractivity contribution in [3.63, 3.8) is 0 Å². The Hall–Kier alpha value is -2.44. The Labute approximate surface area is 122 Å². The lowest BCUT2D eigenvalue weighted by Crippen LogP contribution is -2.39. The Bertz CT molecular complexity index is 546. The van der Waals surface area contributed by atoms with Crippen molar-refractivity contribution < 1.29 is 24.2 Å². The van der Waals surface area contributed by atoms with Gasteiger partial charge < -0.3 is 24.8 Å². The second-order valence-electron chi connectivity index (χ2n) is 4.78. The molecule has 0 aromatic heterocycles. The summed E-state index contributed by atoms with van der Waals surface area (Å²) in [5, 5.41) is 11.6. The number of carboxylic acid groups (broad SMARTS) is 1. The van der Waals surface area contributed by atoms with Crippen molar-refractivity contribution >= 4 is 17.7 Å². The fourth-order valence-electron chi connectivity index (χ4n) is 1.94. The van der Waals surface area contributed by atoms with Gasteiger partial charge in [0.25, 0.3) is 0 Å². The van der Waals surface area contributed by atoms with Gasteiger partial charge in [0, 0.05) is 24.8 Å². The van der Waals surface area contributed by atoms with Crippen LogP contribution < -0.4 is 14.8 Å². The zero-order valence-corrected chi connectivity index (χ0v) is 12.0. The minimum atomic E-state index is -0.927. The van der Waals surface area contributed by atoms with Crippen LogP contribution in [-0.4, -0.2) is 41.9 Å². The fourth-order valence-corrected chi connectivity index (χ4v) is 1.94. The number of hydrogen-bond donors (Lipinski definition) is 2. The van der Waals surface area contributed by atoms with Crippen LogP contribution in [0.15, 0.2) is 18.2 Å². The SMILES string of the molecule is CCN(CC(C)C(=O)O)C(=O)Nc1ccc2c(c1)OCO2. The molecule has 0 bridgehead atoms. The summed E-state index contributed by atoms with van der Waals surface area (Å²) in [5.74, 6) is -0.327. The highest BCUT2D eigenvalue weighted by Crippen LogP contribution is 2.34. The van der Waals surface area contributed by atoms with Gasteiger partial charge in [0.15, 0.2) is 11.5 Å². The number of fused-ring (bicyclic) bond motifs is 1. The Balaban J connectivity index is 2.00.